The van der Waals surface area contributed by atoms with Gasteiger partial charge in [0.15, 0.2) is 17.3 Å². The second-order valence-corrected chi connectivity index (χ2v) is 5.25. The second kappa shape index (κ2) is 7.49. The topological polar surface area (TPSA) is 38.8 Å². The van der Waals surface area contributed by atoms with Crippen molar-refractivity contribution < 1.29 is 14.3 Å². The highest BCUT2D eigenvalue weighted by molar-refractivity contribution is 6.07. The molecule has 0 radical (unpaired) electrons. The summed E-state index contributed by atoms with van der Waals surface area (Å²) in [5, 5.41) is 0. The standard InChI is InChI=1S/C19H21NO3/c1-20(2)16-9-5-14(6-10-16)7-11-17(21)15-8-12-18(22-3)19(13-15)23-4/h5-13H,1-4H3/b11-7+. The van der Waals surface area contributed by atoms with E-state index in [1.807, 2.05) is 43.3 Å². The van der Waals surface area contributed by atoms with E-state index in [4.69, 9.17) is 9.47 Å². The number of hydrogen-bond acceptors (Lipinski definition) is 4. The Hall–Kier alpha value is -2.75. The van der Waals surface area contributed by atoms with Crippen molar-refractivity contribution in [3.63, 3.8) is 0 Å². The minimum Gasteiger partial charge on any atom is -0.493 e. The van der Waals surface area contributed by atoms with Crippen LogP contribution in [0.15, 0.2) is 48.5 Å². The van der Waals surface area contributed by atoms with E-state index >= 15 is 0 Å². The lowest BCUT2D eigenvalue weighted by molar-refractivity contribution is 0.104. The fraction of sp³-hybridized carbons (Fsp3) is 0.211. The molecule has 0 fully saturated rings. The lowest BCUT2D eigenvalue weighted by Crippen LogP contribution is -2.07. The Morgan fingerprint density at radius 3 is 2.17 bits per heavy atom. The molecular formula is C19H21NO3. The lowest BCUT2D eigenvalue weighted by atomic mass is 10.1. The van der Waals surface area contributed by atoms with Gasteiger partial charge in [-0.25, -0.2) is 0 Å². The monoisotopic (exact) mass is 311 g/mol. The van der Waals surface area contributed by atoms with Gasteiger partial charge in [0.1, 0.15) is 0 Å². The van der Waals surface area contributed by atoms with Crippen molar-refractivity contribution in [1.29, 1.82) is 0 Å². The van der Waals surface area contributed by atoms with E-state index in [2.05, 4.69) is 0 Å². The molecule has 2 aromatic carbocycles. The molecule has 120 valence electrons. The van der Waals surface area contributed by atoms with Crippen LogP contribution in [0.3, 0.4) is 0 Å². The summed E-state index contributed by atoms with van der Waals surface area (Å²) in [6, 6.07) is 13.1. The summed E-state index contributed by atoms with van der Waals surface area (Å²) in [6.45, 7) is 0. The van der Waals surface area contributed by atoms with Gasteiger partial charge in [-0.3, -0.25) is 4.79 Å². The van der Waals surface area contributed by atoms with E-state index in [1.54, 1.807) is 44.6 Å². The Kier molecular flexibility index (Phi) is 5.41. The first kappa shape index (κ1) is 16.6. The summed E-state index contributed by atoms with van der Waals surface area (Å²) in [4.78, 5) is 14.3. The van der Waals surface area contributed by atoms with Crippen LogP contribution in [0.25, 0.3) is 6.08 Å². The minimum absolute atomic E-state index is 0.0809. The number of ether oxygens (including phenoxy) is 2. The summed E-state index contributed by atoms with van der Waals surface area (Å²) >= 11 is 0. The molecule has 0 aliphatic heterocycles. The number of rotatable bonds is 6. The number of nitrogens with zero attached hydrogens (tertiary/aromatic N) is 1. The molecule has 0 unspecified atom stereocenters. The van der Waals surface area contributed by atoms with Gasteiger partial charge in [-0.1, -0.05) is 18.2 Å². The molecule has 0 atom stereocenters. The van der Waals surface area contributed by atoms with Crippen LogP contribution in [-0.4, -0.2) is 34.1 Å². The largest absolute Gasteiger partial charge is 0.493 e. The number of anilines is 1. The maximum Gasteiger partial charge on any atom is 0.185 e. The van der Waals surface area contributed by atoms with E-state index in [1.165, 1.54) is 0 Å². The van der Waals surface area contributed by atoms with Gasteiger partial charge in [-0.05, 0) is 42.0 Å². The SMILES string of the molecule is COc1ccc(C(=O)/C=C/c2ccc(N(C)C)cc2)cc1OC. The third-order valence-electron chi connectivity index (χ3n) is 3.50. The first-order valence-corrected chi connectivity index (χ1v) is 7.27. The van der Waals surface area contributed by atoms with Crippen molar-refractivity contribution in [2.45, 2.75) is 0 Å². The van der Waals surface area contributed by atoms with Gasteiger partial charge >= 0.3 is 0 Å². The van der Waals surface area contributed by atoms with Crippen LogP contribution in [0.4, 0.5) is 5.69 Å². The number of hydrogen-bond donors (Lipinski definition) is 0. The zero-order valence-electron chi connectivity index (χ0n) is 13.9. The molecule has 0 spiro atoms. The van der Waals surface area contributed by atoms with Crippen molar-refractivity contribution >= 4 is 17.5 Å². The average molecular weight is 311 g/mol. The number of methoxy groups -OCH3 is 2. The van der Waals surface area contributed by atoms with E-state index in [-0.39, 0.29) is 5.78 Å². The highest BCUT2D eigenvalue weighted by Crippen LogP contribution is 2.27. The Bertz CT molecular complexity index is 703. The van der Waals surface area contributed by atoms with Crippen LogP contribution in [0, 0.1) is 0 Å². The molecule has 0 amide bonds. The quantitative estimate of drug-likeness (QED) is 0.603. The Labute approximate surface area is 137 Å². The zero-order valence-corrected chi connectivity index (χ0v) is 13.9. The van der Waals surface area contributed by atoms with Gasteiger partial charge in [0.25, 0.3) is 0 Å². The molecule has 23 heavy (non-hydrogen) atoms. The molecule has 2 rings (SSSR count). The smallest absolute Gasteiger partial charge is 0.185 e. The number of carbonyl (C=O) groups excluding carboxylic acids is 1. The van der Waals surface area contributed by atoms with Crippen molar-refractivity contribution in [3.05, 3.63) is 59.7 Å². The molecule has 0 saturated heterocycles. The van der Waals surface area contributed by atoms with E-state index in [9.17, 15) is 4.79 Å². The summed E-state index contributed by atoms with van der Waals surface area (Å²) in [7, 11) is 7.10. The molecule has 0 aliphatic rings. The number of allylic oxidation sites excluding steroid dienone is 1. The average Bonchev–Trinajstić information content (AvgIpc) is 2.59. The van der Waals surface area contributed by atoms with E-state index < -0.39 is 0 Å². The summed E-state index contributed by atoms with van der Waals surface area (Å²) in [5.41, 5.74) is 2.65. The normalized spacial score (nSPS) is 10.6. The first-order chi connectivity index (χ1) is 11.0. The Balaban J connectivity index is 2.14. The predicted octanol–water partition coefficient (Wildman–Crippen LogP) is 3.67. The number of benzene rings is 2. The van der Waals surface area contributed by atoms with Crippen LogP contribution in [0.1, 0.15) is 15.9 Å². The van der Waals surface area contributed by atoms with Crippen molar-refractivity contribution in [2.75, 3.05) is 33.2 Å². The maximum atomic E-state index is 12.3. The van der Waals surface area contributed by atoms with Crippen LogP contribution in [0.5, 0.6) is 11.5 Å². The molecule has 0 heterocycles. The molecule has 0 aromatic heterocycles. The molecule has 0 bridgehead atoms. The van der Waals surface area contributed by atoms with Crippen LogP contribution in [-0.2, 0) is 0 Å². The summed E-state index contributed by atoms with van der Waals surface area (Å²) in [6.07, 6.45) is 3.37. The fourth-order valence-corrected chi connectivity index (χ4v) is 2.14. The first-order valence-electron chi connectivity index (χ1n) is 7.27. The Morgan fingerprint density at radius 1 is 0.957 bits per heavy atom. The predicted molar refractivity (Wildman–Crippen MR) is 93.7 cm³/mol. The van der Waals surface area contributed by atoms with Crippen molar-refractivity contribution in [2.24, 2.45) is 0 Å². The van der Waals surface area contributed by atoms with Crippen LogP contribution >= 0.6 is 0 Å². The molecule has 4 nitrogen and oxygen atoms in total. The summed E-state index contributed by atoms with van der Waals surface area (Å²) < 4.78 is 10.4. The van der Waals surface area contributed by atoms with E-state index in [0.29, 0.717) is 17.1 Å². The van der Waals surface area contributed by atoms with Gasteiger partial charge in [0.05, 0.1) is 14.2 Å². The van der Waals surface area contributed by atoms with Gasteiger partial charge in [-0.2, -0.15) is 0 Å². The highest BCUT2D eigenvalue weighted by atomic mass is 16.5. The molecular weight excluding hydrogens is 290 g/mol. The number of ketones is 1. The van der Waals surface area contributed by atoms with Crippen molar-refractivity contribution in [3.8, 4) is 11.5 Å². The third-order valence-corrected chi connectivity index (χ3v) is 3.50. The minimum atomic E-state index is -0.0809. The third kappa shape index (κ3) is 4.13. The maximum absolute atomic E-state index is 12.3. The van der Waals surface area contributed by atoms with E-state index in [0.717, 1.165) is 11.3 Å². The molecule has 4 heteroatoms. The second-order valence-electron chi connectivity index (χ2n) is 5.25. The van der Waals surface area contributed by atoms with Gasteiger partial charge in [0.2, 0.25) is 0 Å². The molecule has 0 saturated carbocycles. The van der Waals surface area contributed by atoms with Gasteiger partial charge < -0.3 is 14.4 Å². The van der Waals surface area contributed by atoms with Gasteiger partial charge in [-0.15, -0.1) is 0 Å². The number of carbonyl (C=O) groups is 1. The van der Waals surface area contributed by atoms with Crippen LogP contribution in [0.2, 0.25) is 0 Å². The molecule has 0 N–H and O–H groups in total. The summed E-state index contributed by atoms with van der Waals surface area (Å²) in [5.74, 6) is 1.07. The van der Waals surface area contributed by atoms with Crippen LogP contribution < -0.4 is 14.4 Å². The fourth-order valence-electron chi connectivity index (χ4n) is 2.14. The lowest BCUT2D eigenvalue weighted by Gasteiger charge is -2.11. The van der Waals surface area contributed by atoms with Gasteiger partial charge in [0, 0.05) is 25.3 Å². The molecule has 2 aromatic rings. The highest BCUT2D eigenvalue weighted by Gasteiger charge is 2.08. The van der Waals surface area contributed by atoms with Crippen molar-refractivity contribution in [1.82, 2.24) is 0 Å². The zero-order chi connectivity index (χ0) is 16.8. The Morgan fingerprint density at radius 2 is 1.61 bits per heavy atom. The molecule has 0 aliphatic carbocycles.